The van der Waals surface area contributed by atoms with Crippen LogP contribution in [0.25, 0.3) is 4.85 Å². The van der Waals surface area contributed by atoms with Gasteiger partial charge in [0.2, 0.25) is 6.04 Å². The van der Waals surface area contributed by atoms with Gasteiger partial charge in [0.1, 0.15) is 5.75 Å². The first kappa shape index (κ1) is 24.0. The number of aryl methyl sites for hydroxylation is 1. The molecule has 1 aliphatic carbocycles. The van der Waals surface area contributed by atoms with Gasteiger partial charge in [0.05, 0.1) is 12.2 Å². The van der Waals surface area contributed by atoms with Gasteiger partial charge in [-0.25, -0.2) is 6.57 Å². The van der Waals surface area contributed by atoms with Crippen LogP contribution in [0, 0.1) is 12.5 Å². The van der Waals surface area contributed by atoms with E-state index in [0.29, 0.717) is 6.42 Å². The summed E-state index contributed by atoms with van der Waals surface area (Å²) in [6.07, 6.45) is 2.73. The predicted octanol–water partition coefficient (Wildman–Crippen LogP) is 4.61. The normalized spacial score (nSPS) is 24.5. The van der Waals surface area contributed by atoms with E-state index in [1.54, 1.807) is 12.1 Å². The molecule has 2 aromatic carbocycles. The maximum Gasteiger partial charge on any atom is 0.229 e. The Hall–Kier alpha value is -1.25. The van der Waals surface area contributed by atoms with Crippen LogP contribution in [0.3, 0.4) is 0 Å². The van der Waals surface area contributed by atoms with Crippen molar-refractivity contribution in [2.45, 2.75) is 63.2 Å². The Morgan fingerprint density at radius 1 is 1.17 bits per heavy atom. The van der Waals surface area contributed by atoms with Crippen molar-refractivity contribution in [2.24, 2.45) is 5.92 Å². The van der Waals surface area contributed by atoms with Crippen LogP contribution in [0.2, 0.25) is 0 Å². The van der Waals surface area contributed by atoms with E-state index < -0.39 is 12.2 Å². The minimum atomic E-state index is -0.528. The second-order valence-electron chi connectivity index (χ2n) is 7.87. The molecule has 3 unspecified atom stereocenters. The Bertz CT molecular complexity index is 818. The molecule has 151 valence electrons. The van der Waals surface area contributed by atoms with Crippen LogP contribution in [-0.2, 0) is 39.1 Å². The molecule has 3 rings (SSSR count). The number of benzene rings is 2. The van der Waals surface area contributed by atoms with Gasteiger partial charge >= 0.3 is 0 Å². The quantitative estimate of drug-likeness (QED) is 0.520. The number of hydrogen-bond donors (Lipinski definition) is 3. The molecule has 0 aliphatic heterocycles. The zero-order valence-electron chi connectivity index (χ0n) is 16.9. The van der Waals surface area contributed by atoms with Crippen molar-refractivity contribution in [1.82, 2.24) is 0 Å². The fraction of sp³-hybridized carbons (Fsp3) is 0.458. The molecule has 4 nitrogen and oxygen atoms in total. The van der Waals surface area contributed by atoms with E-state index in [-0.39, 0.29) is 56.3 Å². The molecular weight excluding hydrogens is 439 g/mol. The third-order valence-corrected chi connectivity index (χ3v) is 5.96. The Morgan fingerprint density at radius 3 is 2.52 bits per heavy atom. The number of aliphatic hydroxyl groups is 2. The molecule has 2 aromatic rings. The number of phenolic OH excluding ortho intramolecular Hbond substituents is 1. The Balaban J connectivity index is 0.00000300. The first-order valence-electron chi connectivity index (χ1n) is 10.1. The van der Waals surface area contributed by atoms with Crippen molar-refractivity contribution in [2.75, 3.05) is 0 Å². The van der Waals surface area contributed by atoms with Crippen molar-refractivity contribution < 1.29 is 48.0 Å². The first-order valence-corrected chi connectivity index (χ1v) is 10.1. The summed E-state index contributed by atoms with van der Waals surface area (Å²) in [6.45, 7) is 9.62. The van der Waals surface area contributed by atoms with Crippen LogP contribution >= 0.6 is 0 Å². The Labute approximate surface area is 198 Å². The van der Waals surface area contributed by atoms with E-state index >= 15 is 0 Å². The van der Waals surface area contributed by atoms with E-state index in [9.17, 15) is 15.3 Å². The van der Waals surface area contributed by atoms with Gasteiger partial charge in [-0.05, 0) is 48.1 Å². The minimum Gasteiger partial charge on any atom is -0.508 e. The van der Waals surface area contributed by atoms with Gasteiger partial charge in [-0.2, -0.15) is 0 Å². The molecule has 3 N–H and O–H groups in total. The standard InChI is InChI=1S/C24H29NO3.Y/c1-3-5-22(27)17-9-11-18(12-10-17)24-20(21(25-2)15-23(24)28)13-8-16-6-4-7-19(26)14-16;/h4,6-7,9-12,14,20-24,26-28H,3,5,8,13,15H2,1H3;/t20?,21-,22?,23-,24?;/m1./s1. The van der Waals surface area contributed by atoms with E-state index in [4.69, 9.17) is 6.57 Å². The first-order chi connectivity index (χ1) is 13.5. The van der Waals surface area contributed by atoms with Gasteiger partial charge in [0.25, 0.3) is 0 Å². The molecule has 1 aliphatic rings. The van der Waals surface area contributed by atoms with Crippen molar-refractivity contribution in [1.29, 1.82) is 0 Å². The maximum absolute atomic E-state index is 10.7. The number of rotatable bonds is 7. The van der Waals surface area contributed by atoms with Crippen molar-refractivity contribution in [3.63, 3.8) is 0 Å². The van der Waals surface area contributed by atoms with E-state index in [2.05, 4.69) is 4.85 Å². The summed E-state index contributed by atoms with van der Waals surface area (Å²) in [5.41, 5.74) is 2.98. The summed E-state index contributed by atoms with van der Waals surface area (Å²) < 4.78 is 0. The molecule has 0 amide bonds. The summed E-state index contributed by atoms with van der Waals surface area (Å²) in [5, 5.41) is 30.5. The third kappa shape index (κ3) is 5.89. The average molecular weight is 468 g/mol. The molecule has 0 aromatic heterocycles. The summed E-state index contributed by atoms with van der Waals surface area (Å²) in [6, 6.07) is 14.9. The molecule has 1 fully saturated rings. The van der Waals surface area contributed by atoms with Crippen molar-refractivity contribution in [3.8, 4) is 5.75 Å². The number of nitrogens with zero attached hydrogens (tertiary/aromatic N) is 1. The number of aromatic hydroxyl groups is 1. The maximum atomic E-state index is 10.7. The number of aliphatic hydroxyl groups excluding tert-OH is 2. The summed E-state index contributed by atoms with van der Waals surface area (Å²) >= 11 is 0. The van der Waals surface area contributed by atoms with Gasteiger partial charge in [-0.1, -0.05) is 49.7 Å². The van der Waals surface area contributed by atoms with Crippen LogP contribution in [0.1, 0.15) is 61.3 Å². The van der Waals surface area contributed by atoms with Crippen LogP contribution in [0.4, 0.5) is 0 Å². The monoisotopic (exact) mass is 468 g/mol. The molecule has 1 saturated carbocycles. The number of phenols is 1. The van der Waals surface area contributed by atoms with Crippen LogP contribution in [0.15, 0.2) is 48.5 Å². The molecule has 0 heterocycles. The fourth-order valence-electron chi connectivity index (χ4n) is 4.51. The molecule has 0 spiro atoms. The van der Waals surface area contributed by atoms with Crippen LogP contribution < -0.4 is 0 Å². The third-order valence-electron chi connectivity index (χ3n) is 5.96. The minimum absolute atomic E-state index is 0. The zero-order valence-corrected chi connectivity index (χ0v) is 19.7. The molecule has 29 heavy (non-hydrogen) atoms. The van der Waals surface area contributed by atoms with Gasteiger partial charge in [0, 0.05) is 51.0 Å². The second kappa shape index (κ2) is 11.2. The smallest absolute Gasteiger partial charge is 0.229 e. The fourth-order valence-corrected chi connectivity index (χ4v) is 4.51. The van der Waals surface area contributed by atoms with Crippen molar-refractivity contribution in [3.05, 3.63) is 76.6 Å². The SMILES string of the molecule is [C-]#[N+][C@@H]1C[C@@H](O)C(c2ccc(C(O)CCC)cc2)C1CCc1cccc(O)c1.[Y]. The largest absolute Gasteiger partial charge is 0.508 e. The molecule has 5 atom stereocenters. The van der Waals surface area contributed by atoms with Gasteiger partial charge < -0.3 is 20.2 Å². The topological polar surface area (TPSA) is 65.0 Å². The van der Waals surface area contributed by atoms with E-state index in [1.165, 1.54) is 0 Å². The predicted molar refractivity (Wildman–Crippen MR) is 110 cm³/mol. The Kier molecular flexibility index (Phi) is 9.30. The van der Waals surface area contributed by atoms with Gasteiger partial charge in [-0.15, -0.1) is 0 Å². The molecular formula is C24H29NO3Y. The Morgan fingerprint density at radius 2 is 1.90 bits per heavy atom. The summed E-state index contributed by atoms with van der Waals surface area (Å²) in [5.74, 6) is 0.249. The second-order valence-corrected chi connectivity index (χ2v) is 7.87. The van der Waals surface area contributed by atoms with E-state index in [1.807, 2.05) is 43.3 Å². The van der Waals surface area contributed by atoms with Gasteiger partial charge in [-0.3, -0.25) is 0 Å². The molecule has 0 bridgehead atoms. The van der Waals surface area contributed by atoms with Crippen LogP contribution in [0.5, 0.6) is 5.75 Å². The average Bonchev–Trinajstić information content (AvgIpc) is 3.02. The summed E-state index contributed by atoms with van der Waals surface area (Å²) in [7, 11) is 0. The van der Waals surface area contributed by atoms with Crippen molar-refractivity contribution >= 4 is 0 Å². The molecule has 0 saturated heterocycles. The zero-order chi connectivity index (χ0) is 20.1. The molecule has 1 radical (unpaired) electrons. The number of hydrogen-bond acceptors (Lipinski definition) is 3. The van der Waals surface area contributed by atoms with Crippen LogP contribution in [-0.4, -0.2) is 27.5 Å². The summed E-state index contributed by atoms with van der Waals surface area (Å²) in [4.78, 5) is 3.80. The van der Waals surface area contributed by atoms with E-state index in [0.717, 1.165) is 42.4 Å². The molecule has 5 heteroatoms. The van der Waals surface area contributed by atoms with Gasteiger partial charge in [0.15, 0.2) is 0 Å².